The van der Waals surface area contributed by atoms with Gasteiger partial charge in [-0.25, -0.2) is 0 Å². The van der Waals surface area contributed by atoms with Gasteiger partial charge in [-0.1, -0.05) is 18.2 Å². The molecule has 0 saturated heterocycles. The fourth-order valence-electron chi connectivity index (χ4n) is 2.84. The molecule has 20 heavy (non-hydrogen) atoms. The van der Waals surface area contributed by atoms with Gasteiger partial charge in [0.2, 0.25) is 0 Å². The lowest BCUT2D eigenvalue weighted by atomic mass is 9.91. The molecule has 0 saturated carbocycles. The van der Waals surface area contributed by atoms with Crippen molar-refractivity contribution in [3.05, 3.63) is 59.2 Å². The van der Waals surface area contributed by atoms with E-state index < -0.39 is 0 Å². The molecule has 2 heteroatoms. The molecule has 0 bridgehead atoms. The van der Waals surface area contributed by atoms with Crippen LogP contribution >= 0.6 is 0 Å². The third-order valence-corrected chi connectivity index (χ3v) is 4.09. The summed E-state index contributed by atoms with van der Waals surface area (Å²) >= 11 is 0. The van der Waals surface area contributed by atoms with Crippen LogP contribution in [-0.2, 0) is 19.4 Å². The van der Waals surface area contributed by atoms with Crippen molar-refractivity contribution in [1.82, 2.24) is 0 Å². The molecule has 1 aliphatic carbocycles. The van der Waals surface area contributed by atoms with Gasteiger partial charge >= 0.3 is 0 Å². The van der Waals surface area contributed by atoms with E-state index in [-0.39, 0.29) is 0 Å². The first kappa shape index (κ1) is 13.0. The summed E-state index contributed by atoms with van der Waals surface area (Å²) in [7, 11) is 1.94. The predicted octanol–water partition coefficient (Wildman–Crippen LogP) is 4.22. The zero-order valence-corrected chi connectivity index (χ0v) is 12.1. The molecule has 0 fully saturated rings. The first-order valence-electron chi connectivity index (χ1n) is 7.47. The largest absolute Gasteiger partial charge is 0.388 e. The standard InChI is InChI=1S/C18H22N2/c1-19-17-9-6-14(7-10-17)13-20-18-11-8-15-4-2-3-5-16(15)12-18/h6-12,19-20H,2-5,13H2,1H3. The highest BCUT2D eigenvalue weighted by molar-refractivity contribution is 5.50. The fourth-order valence-corrected chi connectivity index (χ4v) is 2.84. The van der Waals surface area contributed by atoms with Gasteiger partial charge in [0.1, 0.15) is 0 Å². The lowest BCUT2D eigenvalue weighted by Crippen LogP contribution is -2.05. The minimum Gasteiger partial charge on any atom is -0.388 e. The Labute approximate surface area is 121 Å². The normalized spacial score (nSPS) is 13.7. The highest BCUT2D eigenvalue weighted by Gasteiger charge is 2.09. The van der Waals surface area contributed by atoms with Crippen LogP contribution in [0.2, 0.25) is 0 Å². The van der Waals surface area contributed by atoms with Gasteiger partial charge in [0.15, 0.2) is 0 Å². The van der Waals surface area contributed by atoms with E-state index in [1.807, 2.05) is 7.05 Å². The Kier molecular flexibility index (Phi) is 3.91. The number of rotatable bonds is 4. The van der Waals surface area contributed by atoms with Gasteiger partial charge in [0, 0.05) is 25.0 Å². The molecule has 2 nitrogen and oxygen atoms in total. The smallest absolute Gasteiger partial charge is 0.0400 e. The Hall–Kier alpha value is -1.96. The zero-order chi connectivity index (χ0) is 13.8. The maximum atomic E-state index is 3.53. The van der Waals surface area contributed by atoms with Crippen molar-refractivity contribution < 1.29 is 0 Å². The van der Waals surface area contributed by atoms with Gasteiger partial charge in [0.05, 0.1) is 0 Å². The molecule has 0 atom stereocenters. The number of hydrogen-bond acceptors (Lipinski definition) is 2. The van der Waals surface area contributed by atoms with Gasteiger partial charge in [-0.3, -0.25) is 0 Å². The average Bonchev–Trinajstić information content (AvgIpc) is 2.53. The summed E-state index contributed by atoms with van der Waals surface area (Å²) in [5.41, 5.74) is 6.78. The highest BCUT2D eigenvalue weighted by atomic mass is 14.9. The Morgan fingerprint density at radius 3 is 2.30 bits per heavy atom. The minimum atomic E-state index is 0.878. The topological polar surface area (TPSA) is 24.1 Å². The van der Waals surface area contributed by atoms with Crippen molar-refractivity contribution in [2.45, 2.75) is 32.2 Å². The summed E-state index contributed by atoms with van der Waals surface area (Å²) in [4.78, 5) is 0. The second kappa shape index (κ2) is 6.00. The van der Waals surface area contributed by atoms with E-state index in [4.69, 9.17) is 0 Å². The Balaban J connectivity index is 1.65. The number of nitrogens with one attached hydrogen (secondary N) is 2. The molecule has 2 N–H and O–H groups in total. The summed E-state index contributed by atoms with van der Waals surface area (Å²) in [5.74, 6) is 0. The molecule has 2 aromatic rings. The number of fused-ring (bicyclic) bond motifs is 1. The van der Waals surface area contributed by atoms with Gasteiger partial charge in [0.25, 0.3) is 0 Å². The summed E-state index contributed by atoms with van der Waals surface area (Å²) in [6.45, 7) is 0.878. The molecule has 3 rings (SSSR count). The Bertz CT molecular complexity index is 572. The quantitative estimate of drug-likeness (QED) is 0.866. The third kappa shape index (κ3) is 2.96. The Morgan fingerprint density at radius 1 is 0.850 bits per heavy atom. The predicted molar refractivity (Wildman–Crippen MR) is 86.4 cm³/mol. The molecule has 0 radical (unpaired) electrons. The third-order valence-electron chi connectivity index (χ3n) is 4.09. The minimum absolute atomic E-state index is 0.878. The van der Waals surface area contributed by atoms with Crippen molar-refractivity contribution in [1.29, 1.82) is 0 Å². The molecule has 104 valence electrons. The molecule has 0 aromatic heterocycles. The maximum absolute atomic E-state index is 3.53. The van der Waals surface area contributed by atoms with Crippen LogP contribution in [0.1, 0.15) is 29.5 Å². The second-order valence-corrected chi connectivity index (χ2v) is 5.49. The lowest BCUT2D eigenvalue weighted by molar-refractivity contribution is 0.686. The highest BCUT2D eigenvalue weighted by Crippen LogP contribution is 2.24. The van der Waals surface area contributed by atoms with Crippen LogP contribution in [-0.4, -0.2) is 7.05 Å². The van der Waals surface area contributed by atoms with Crippen LogP contribution in [0.4, 0.5) is 11.4 Å². The van der Waals surface area contributed by atoms with E-state index in [1.54, 1.807) is 5.56 Å². The number of anilines is 2. The molecular weight excluding hydrogens is 244 g/mol. The molecule has 0 spiro atoms. The monoisotopic (exact) mass is 266 g/mol. The summed E-state index contributed by atoms with van der Waals surface area (Å²) in [6.07, 6.45) is 5.17. The summed E-state index contributed by atoms with van der Waals surface area (Å²) in [5, 5.41) is 6.67. The SMILES string of the molecule is CNc1ccc(CNc2ccc3c(c2)CCCC3)cc1. The molecule has 0 aliphatic heterocycles. The van der Waals surface area contributed by atoms with Crippen LogP contribution in [0, 0.1) is 0 Å². The summed E-state index contributed by atoms with van der Waals surface area (Å²) in [6, 6.07) is 15.4. The average molecular weight is 266 g/mol. The van der Waals surface area contributed by atoms with Crippen LogP contribution < -0.4 is 10.6 Å². The van der Waals surface area contributed by atoms with Crippen molar-refractivity contribution in [2.24, 2.45) is 0 Å². The first-order chi connectivity index (χ1) is 9.85. The fraction of sp³-hybridized carbons (Fsp3) is 0.333. The molecular formula is C18H22N2. The van der Waals surface area contributed by atoms with E-state index in [0.29, 0.717) is 0 Å². The zero-order valence-electron chi connectivity index (χ0n) is 12.1. The number of benzene rings is 2. The molecule has 0 heterocycles. The van der Waals surface area contributed by atoms with E-state index in [1.165, 1.54) is 42.5 Å². The van der Waals surface area contributed by atoms with Crippen molar-refractivity contribution in [3.63, 3.8) is 0 Å². The van der Waals surface area contributed by atoms with Gasteiger partial charge in [-0.15, -0.1) is 0 Å². The van der Waals surface area contributed by atoms with Crippen LogP contribution in [0.3, 0.4) is 0 Å². The number of aryl methyl sites for hydroxylation is 2. The van der Waals surface area contributed by atoms with E-state index in [0.717, 1.165) is 12.2 Å². The van der Waals surface area contributed by atoms with Crippen molar-refractivity contribution in [3.8, 4) is 0 Å². The van der Waals surface area contributed by atoms with E-state index in [9.17, 15) is 0 Å². The molecule has 2 aromatic carbocycles. The second-order valence-electron chi connectivity index (χ2n) is 5.49. The molecule has 0 unspecified atom stereocenters. The Morgan fingerprint density at radius 2 is 1.55 bits per heavy atom. The van der Waals surface area contributed by atoms with Crippen molar-refractivity contribution >= 4 is 11.4 Å². The molecule has 0 amide bonds. The van der Waals surface area contributed by atoms with Crippen molar-refractivity contribution in [2.75, 3.05) is 17.7 Å². The molecule has 1 aliphatic rings. The van der Waals surface area contributed by atoms with Gasteiger partial charge < -0.3 is 10.6 Å². The van der Waals surface area contributed by atoms with Crippen LogP contribution in [0.15, 0.2) is 42.5 Å². The first-order valence-corrected chi connectivity index (χ1v) is 7.47. The lowest BCUT2D eigenvalue weighted by Gasteiger charge is -2.17. The van der Waals surface area contributed by atoms with Gasteiger partial charge in [-0.05, 0) is 66.6 Å². The van der Waals surface area contributed by atoms with Crippen LogP contribution in [0.5, 0.6) is 0 Å². The van der Waals surface area contributed by atoms with Gasteiger partial charge in [-0.2, -0.15) is 0 Å². The number of hydrogen-bond donors (Lipinski definition) is 2. The summed E-state index contributed by atoms with van der Waals surface area (Å²) < 4.78 is 0. The van der Waals surface area contributed by atoms with E-state index >= 15 is 0 Å². The van der Waals surface area contributed by atoms with Crippen LogP contribution in [0.25, 0.3) is 0 Å². The van der Waals surface area contributed by atoms with E-state index in [2.05, 4.69) is 53.1 Å². The maximum Gasteiger partial charge on any atom is 0.0400 e.